The molecule has 4 rings (SSSR count). The summed E-state index contributed by atoms with van der Waals surface area (Å²) in [5, 5.41) is 0. The minimum absolute atomic E-state index is 0.197. The molecule has 35 heavy (non-hydrogen) atoms. The average molecular weight is 479 g/mol. The largest absolute Gasteiger partial charge is 0.333 e. The number of carbonyl (C=O) groups excluding carboxylic acids is 2. The van der Waals surface area contributed by atoms with Gasteiger partial charge < -0.3 is 4.57 Å². The highest BCUT2D eigenvalue weighted by atomic mass is 16.2. The van der Waals surface area contributed by atoms with Gasteiger partial charge in [-0.05, 0) is 30.7 Å². The number of rotatable bonds is 7. The van der Waals surface area contributed by atoms with Gasteiger partial charge in [-0.25, -0.2) is 14.3 Å². The highest BCUT2D eigenvalue weighted by Crippen LogP contribution is 2.17. The summed E-state index contributed by atoms with van der Waals surface area (Å²) in [4.78, 5) is 56.1. The van der Waals surface area contributed by atoms with Gasteiger partial charge in [-0.1, -0.05) is 56.3 Å². The molecule has 0 saturated carbocycles. The van der Waals surface area contributed by atoms with Crippen LogP contribution in [0.3, 0.4) is 0 Å². The fourth-order valence-electron chi connectivity index (χ4n) is 4.27. The van der Waals surface area contributed by atoms with Crippen LogP contribution >= 0.6 is 0 Å². The van der Waals surface area contributed by atoms with E-state index in [1.807, 2.05) is 56.3 Å². The van der Waals surface area contributed by atoms with Crippen LogP contribution in [0.25, 0.3) is 11.2 Å². The number of benzene rings is 1. The summed E-state index contributed by atoms with van der Waals surface area (Å²) in [5.74, 6) is -0.929. The number of amides is 2. The Morgan fingerprint density at radius 3 is 2.54 bits per heavy atom. The van der Waals surface area contributed by atoms with Crippen molar-refractivity contribution in [2.75, 3.05) is 0 Å². The molecule has 10 heteroatoms. The first-order valence-corrected chi connectivity index (χ1v) is 11.8. The van der Waals surface area contributed by atoms with Gasteiger partial charge in [0, 0.05) is 12.5 Å². The SMILES string of the molecule is CC(C)Cn1cnc2c1c(=O)n(CC(=O)NNC(=O)C1CC=CCC1)c(=O)n2Cc1ccccc1. The molecule has 1 aliphatic rings. The summed E-state index contributed by atoms with van der Waals surface area (Å²) < 4.78 is 4.02. The van der Waals surface area contributed by atoms with E-state index in [4.69, 9.17) is 0 Å². The number of hydrogen-bond acceptors (Lipinski definition) is 5. The van der Waals surface area contributed by atoms with Gasteiger partial charge >= 0.3 is 5.69 Å². The molecular formula is C25H30N6O4. The fourth-order valence-corrected chi connectivity index (χ4v) is 4.27. The Bertz CT molecular complexity index is 1370. The third-order valence-corrected chi connectivity index (χ3v) is 6.00. The fraction of sp³-hybridized carbons (Fsp3) is 0.400. The van der Waals surface area contributed by atoms with E-state index in [2.05, 4.69) is 15.8 Å². The smallest absolute Gasteiger partial charge is 0.324 e. The lowest BCUT2D eigenvalue weighted by molar-refractivity contribution is -0.131. The second-order valence-corrected chi connectivity index (χ2v) is 9.23. The van der Waals surface area contributed by atoms with E-state index in [0.29, 0.717) is 19.4 Å². The monoisotopic (exact) mass is 478 g/mol. The summed E-state index contributed by atoms with van der Waals surface area (Å²) in [6.45, 7) is 4.24. The molecule has 2 N–H and O–H groups in total. The molecule has 0 bridgehead atoms. The molecular weight excluding hydrogens is 448 g/mol. The van der Waals surface area contributed by atoms with Crippen LogP contribution in [-0.4, -0.2) is 30.5 Å². The van der Waals surface area contributed by atoms with Crippen LogP contribution in [0.1, 0.15) is 38.7 Å². The Kier molecular flexibility index (Phi) is 7.28. The van der Waals surface area contributed by atoms with Crippen LogP contribution in [0, 0.1) is 11.8 Å². The number of hydrazine groups is 1. The van der Waals surface area contributed by atoms with E-state index in [-0.39, 0.29) is 35.5 Å². The van der Waals surface area contributed by atoms with Gasteiger partial charge in [0.2, 0.25) is 5.91 Å². The zero-order valence-electron chi connectivity index (χ0n) is 19.9. The molecule has 1 aromatic carbocycles. The van der Waals surface area contributed by atoms with Gasteiger partial charge in [-0.15, -0.1) is 0 Å². The predicted molar refractivity (Wildman–Crippen MR) is 131 cm³/mol. The minimum atomic E-state index is -0.663. The lowest BCUT2D eigenvalue weighted by Gasteiger charge is -2.18. The first-order valence-electron chi connectivity index (χ1n) is 11.8. The van der Waals surface area contributed by atoms with Gasteiger partial charge in [-0.3, -0.25) is 29.8 Å². The molecule has 0 saturated heterocycles. The zero-order valence-corrected chi connectivity index (χ0v) is 19.9. The second-order valence-electron chi connectivity index (χ2n) is 9.23. The van der Waals surface area contributed by atoms with E-state index in [1.54, 1.807) is 10.9 Å². The Labute approximate surface area is 202 Å². The summed E-state index contributed by atoms with van der Waals surface area (Å²) >= 11 is 0. The van der Waals surface area contributed by atoms with Crippen molar-refractivity contribution in [3.63, 3.8) is 0 Å². The number of aromatic nitrogens is 4. The van der Waals surface area contributed by atoms with Gasteiger partial charge in [0.1, 0.15) is 6.54 Å². The molecule has 1 atom stereocenters. The number of nitrogens with zero attached hydrogens (tertiary/aromatic N) is 4. The van der Waals surface area contributed by atoms with Gasteiger partial charge in [0.15, 0.2) is 11.2 Å². The molecule has 0 radical (unpaired) electrons. The van der Waals surface area contributed by atoms with Crippen LogP contribution in [0.2, 0.25) is 0 Å². The van der Waals surface area contributed by atoms with Crippen LogP contribution in [0.5, 0.6) is 0 Å². The molecule has 2 heterocycles. The lowest BCUT2D eigenvalue weighted by atomic mass is 9.94. The maximum absolute atomic E-state index is 13.4. The maximum Gasteiger partial charge on any atom is 0.333 e. The Morgan fingerprint density at radius 1 is 1.09 bits per heavy atom. The van der Waals surface area contributed by atoms with Gasteiger partial charge in [-0.2, -0.15) is 0 Å². The highest BCUT2D eigenvalue weighted by molar-refractivity contribution is 5.83. The highest BCUT2D eigenvalue weighted by Gasteiger charge is 2.22. The van der Waals surface area contributed by atoms with E-state index < -0.39 is 23.7 Å². The Hall–Kier alpha value is -3.95. The van der Waals surface area contributed by atoms with Crippen molar-refractivity contribution in [3.8, 4) is 0 Å². The number of imidazole rings is 1. The molecule has 0 fully saturated rings. The van der Waals surface area contributed by atoms with Crippen molar-refractivity contribution in [1.82, 2.24) is 29.5 Å². The topological polar surface area (TPSA) is 120 Å². The normalized spacial score (nSPS) is 15.5. The molecule has 2 amide bonds. The van der Waals surface area contributed by atoms with Crippen molar-refractivity contribution < 1.29 is 9.59 Å². The number of hydrogen-bond donors (Lipinski definition) is 2. The molecule has 1 unspecified atom stereocenters. The molecule has 0 spiro atoms. The zero-order chi connectivity index (χ0) is 24.9. The summed E-state index contributed by atoms with van der Waals surface area (Å²) in [5.41, 5.74) is 4.94. The van der Waals surface area contributed by atoms with Crippen molar-refractivity contribution in [1.29, 1.82) is 0 Å². The number of allylic oxidation sites excluding steroid dienone is 2. The number of carbonyl (C=O) groups is 2. The standard InChI is InChI=1S/C25H30N6O4/c1-17(2)13-29-16-26-22-21(29)24(34)31(25(35)30(22)14-18-9-5-3-6-10-18)15-20(32)27-28-23(33)19-11-7-4-8-12-19/h3-7,9-10,16-17,19H,8,11-15H2,1-2H3,(H,27,32)(H,28,33). The van der Waals surface area contributed by atoms with Crippen LogP contribution in [0.4, 0.5) is 0 Å². The average Bonchev–Trinajstić information content (AvgIpc) is 3.27. The van der Waals surface area contributed by atoms with Crippen molar-refractivity contribution in [2.45, 2.75) is 52.7 Å². The molecule has 0 aliphatic heterocycles. The second kappa shape index (κ2) is 10.5. The van der Waals surface area contributed by atoms with Crippen LogP contribution in [0.15, 0.2) is 58.4 Å². The number of fused-ring (bicyclic) bond motifs is 1. The van der Waals surface area contributed by atoms with Crippen molar-refractivity contribution in [3.05, 3.63) is 75.2 Å². The van der Waals surface area contributed by atoms with Gasteiger partial charge in [0.05, 0.1) is 12.9 Å². The first kappa shape index (κ1) is 24.2. The molecule has 2 aromatic heterocycles. The quantitative estimate of drug-likeness (QED) is 0.395. The molecule has 184 valence electrons. The predicted octanol–water partition coefficient (Wildman–Crippen LogP) is 1.57. The molecule has 1 aliphatic carbocycles. The molecule has 10 nitrogen and oxygen atoms in total. The van der Waals surface area contributed by atoms with Gasteiger partial charge in [0.25, 0.3) is 11.5 Å². The summed E-state index contributed by atoms with van der Waals surface area (Å²) in [6, 6.07) is 9.36. The third-order valence-electron chi connectivity index (χ3n) is 6.00. The van der Waals surface area contributed by atoms with E-state index in [9.17, 15) is 19.2 Å². The Balaban J connectivity index is 1.65. The van der Waals surface area contributed by atoms with Crippen LogP contribution < -0.4 is 22.1 Å². The lowest BCUT2D eigenvalue weighted by Crippen LogP contribution is -2.49. The van der Waals surface area contributed by atoms with Crippen LogP contribution in [-0.2, 0) is 29.2 Å². The van der Waals surface area contributed by atoms with Crippen molar-refractivity contribution in [2.24, 2.45) is 11.8 Å². The number of nitrogens with one attached hydrogen (secondary N) is 2. The van der Waals surface area contributed by atoms with Crippen molar-refractivity contribution >= 4 is 23.0 Å². The first-order chi connectivity index (χ1) is 16.8. The van der Waals surface area contributed by atoms with E-state index in [0.717, 1.165) is 16.6 Å². The van der Waals surface area contributed by atoms with E-state index >= 15 is 0 Å². The summed E-state index contributed by atoms with van der Waals surface area (Å²) in [7, 11) is 0. The van der Waals surface area contributed by atoms with E-state index in [1.165, 1.54) is 4.57 Å². The Morgan fingerprint density at radius 2 is 1.86 bits per heavy atom. The third kappa shape index (κ3) is 5.42. The molecule has 3 aromatic rings. The maximum atomic E-state index is 13.4. The summed E-state index contributed by atoms with van der Waals surface area (Å²) in [6.07, 6.45) is 7.65. The minimum Gasteiger partial charge on any atom is -0.324 e.